The van der Waals surface area contributed by atoms with Gasteiger partial charge in [-0.1, -0.05) is 53.3 Å². The van der Waals surface area contributed by atoms with Gasteiger partial charge in [0.25, 0.3) is 5.91 Å². The molecule has 0 radical (unpaired) electrons. The molecule has 0 saturated carbocycles. The zero-order chi connectivity index (χ0) is 16.9. The van der Waals surface area contributed by atoms with Gasteiger partial charge in [0.15, 0.2) is 5.01 Å². The lowest BCUT2D eigenvalue weighted by molar-refractivity contribution is 0.102. The van der Waals surface area contributed by atoms with Crippen molar-refractivity contribution >= 4 is 34.0 Å². The molecule has 1 amide bonds. The molecule has 0 unspecified atom stereocenters. The van der Waals surface area contributed by atoms with E-state index in [1.54, 1.807) is 24.3 Å². The van der Waals surface area contributed by atoms with Gasteiger partial charge in [-0.2, -0.15) is 0 Å². The van der Waals surface area contributed by atoms with Gasteiger partial charge in [-0.25, -0.2) is 0 Å². The van der Waals surface area contributed by atoms with Crippen LogP contribution in [0.15, 0.2) is 48.5 Å². The van der Waals surface area contributed by atoms with Crippen molar-refractivity contribution in [2.45, 2.75) is 13.5 Å². The zero-order valence-electron chi connectivity index (χ0n) is 12.8. The van der Waals surface area contributed by atoms with Gasteiger partial charge in [0.05, 0.1) is 10.6 Å². The smallest absolute Gasteiger partial charge is 0.259 e. The highest BCUT2D eigenvalue weighted by Gasteiger charge is 2.13. The van der Waals surface area contributed by atoms with Crippen LogP contribution in [0, 0.1) is 6.92 Å². The third kappa shape index (κ3) is 3.90. The molecular weight excluding hydrogens is 346 g/mol. The van der Waals surface area contributed by atoms with E-state index in [0.29, 0.717) is 27.3 Å². The van der Waals surface area contributed by atoms with E-state index >= 15 is 0 Å². The van der Waals surface area contributed by atoms with Crippen LogP contribution in [-0.4, -0.2) is 16.1 Å². The molecule has 0 aliphatic carbocycles. The van der Waals surface area contributed by atoms with Crippen LogP contribution in [0.1, 0.15) is 20.9 Å². The van der Waals surface area contributed by atoms with Gasteiger partial charge in [-0.15, -0.1) is 10.2 Å². The van der Waals surface area contributed by atoms with Crippen molar-refractivity contribution in [2.24, 2.45) is 0 Å². The fourth-order valence-corrected chi connectivity index (χ4v) is 2.90. The summed E-state index contributed by atoms with van der Waals surface area (Å²) in [4.78, 5) is 12.2. The average Bonchev–Trinajstić information content (AvgIpc) is 3.02. The Bertz CT molecular complexity index is 866. The molecule has 1 aromatic heterocycles. The molecule has 24 heavy (non-hydrogen) atoms. The second kappa shape index (κ2) is 7.42. The van der Waals surface area contributed by atoms with E-state index < -0.39 is 0 Å². The zero-order valence-corrected chi connectivity index (χ0v) is 14.4. The quantitative estimate of drug-likeness (QED) is 0.736. The number of aromatic nitrogens is 2. The minimum Gasteiger partial charge on any atom is -0.486 e. The summed E-state index contributed by atoms with van der Waals surface area (Å²) in [5.41, 5.74) is 1.45. The van der Waals surface area contributed by atoms with Gasteiger partial charge in [0.1, 0.15) is 12.4 Å². The largest absolute Gasteiger partial charge is 0.486 e. The van der Waals surface area contributed by atoms with Crippen molar-refractivity contribution in [1.29, 1.82) is 0 Å². The Labute approximate surface area is 148 Å². The van der Waals surface area contributed by atoms with Gasteiger partial charge in [0, 0.05) is 0 Å². The van der Waals surface area contributed by atoms with Crippen molar-refractivity contribution < 1.29 is 9.53 Å². The van der Waals surface area contributed by atoms with Crippen LogP contribution < -0.4 is 10.1 Å². The molecule has 5 nitrogen and oxygen atoms in total. The topological polar surface area (TPSA) is 64.1 Å². The predicted molar refractivity (Wildman–Crippen MR) is 94.8 cm³/mol. The van der Waals surface area contributed by atoms with Crippen LogP contribution in [-0.2, 0) is 6.61 Å². The number of amides is 1. The summed E-state index contributed by atoms with van der Waals surface area (Å²) in [6, 6.07) is 14.6. The number of aryl methyl sites for hydroxylation is 1. The Kier molecular flexibility index (Phi) is 5.08. The Morgan fingerprint density at radius 1 is 1.17 bits per heavy atom. The third-order valence-corrected chi connectivity index (χ3v) is 4.39. The monoisotopic (exact) mass is 359 g/mol. The number of anilines is 1. The average molecular weight is 360 g/mol. The highest BCUT2D eigenvalue weighted by molar-refractivity contribution is 7.15. The van der Waals surface area contributed by atoms with E-state index in [9.17, 15) is 4.79 Å². The molecule has 7 heteroatoms. The molecule has 122 valence electrons. The number of benzene rings is 2. The van der Waals surface area contributed by atoms with Gasteiger partial charge < -0.3 is 4.74 Å². The fourth-order valence-electron chi connectivity index (χ4n) is 2.03. The SMILES string of the molecule is Cc1ccccc1OCc1nnc(NC(=O)c2ccccc2Cl)s1. The maximum absolute atomic E-state index is 12.2. The summed E-state index contributed by atoms with van der Waals surface area (Å²) in [7, 11) is 0. The van der Waals surface area contributed by atoms with E-state index in [4.69, 9.17) is 16.3 Å². The number of para-hydroxylation sites is 1. The standard InChI is InChI=1S/C17H14ClN3O2S/c1-11-6-2-5-9-14(11)23-10-15-20-21-17(24-15)19-16(22)12-7-3-4-8-13(12)18/h2-9H,10H2,1H3,(H,19,21,22). The first kappa shape index (κ1) is 16.4. The summed E-state index contributed by atoms with van der Waals surface area (Å²) in [6.45, 7) is 2.27. The number of nitrogens with one attached hydrogen (secondary N) is 1. The molecule has 0 aliphatic rings. The predicted octanol–water partition coefficient (Wildman–Crippen LogP) is 4.33. The van der Waals surface area contributed by atoms with Gasteiger partial charge in [-0.05, 0) is 30.7 Å². The molecule has 1 heterocycles. The number of nitrogens with zero attached hydrogens (tertiary/aromatic N) is 2. The van der Waals surface area contributed by atoms with Gasteiger partial charge in [0.2, 0.25) is 5.13 Å². The molecule has 0 saturated heterocycles. The molecule has 0 atom stereocenters. The molecule has 0 fully saturated rings. The lowest BCUT2D eigenvalue weighted by Gasteiger charge is -2.06. The summed E-state index contributed by atoms with van der Waals surface area (Å²) in [5.74, 6) is 0.484. The minimum atomic E-state index is -0.317. The second-order valence-electron chi connectivity index (χ2n) is 4.99. The number of carbonyl (C=O) groups excluding carboxylic acids is 1. The molecule has 1 N–H and O–H groups in total. The number of rotatable bonds is 5. The Balaban J connectivity index is 1.63. The Morgan fingerprint density at radius 3 is 2.71 bits per heavy atom. The van der Waals surface area contributed by atoms with Crippen molar-refractivity contribution in [1.82, 2.24) is 10.2 Å². The first-order valence-corrected chi connectivity index (χ1v) is 8.39. The molecule has 3 rings (SSSR count). The van der Waals surface area contributed by atoms with Crippen molar-refractivity contribution in [3.8, 4) is 5.75 Å². The first-order valence-electron chi connectivity index (χ1n) is 7.20. The lowest BCUT2D eigenvalue weighted by atomic mass is 10.2. The van der Waals surface area contributed by atoms with Crippen LogP contribution in [0.4, 0.5) is 5.13 Å². The third-order valence-electron chi connectivity index (χ3n) is 3.25. The minimum absolute atomic E-state index is 0.296. The van der Waals surface area contributed by atoms with Gasteiger partial charge >= 0.3 is 0 Å². The molecular formula is C17H14ClN3O2S. The number of halogens is 1. The van der Waals surface area contributed by atoms with Crippen LogP contribution in [0.2, 0.25) is 5.02 Å². The Hall–Kier alpha value is -2.44. The number of hydrogen-bond acceptors (Lipinski definition) is 5. The lowest BCUT2D eigenvalue weighted by Crippen LogP contribution is -2.12. The number of ether oxygens (including phenoxy) is 1. The molecule has 3 aromatic rings. The van der Waals surface area contributed by atoms with E-state index in [-0.39, 0.29) is 5.91 Å². The summed E-state index contributed by atoms with van der Waals surface area (Å²) in [5, 5.41) is 12.2. The summed E-state index contributed by atoms with van der Waals surface area (Å²) >= 11 is 7.27. The molecule has 2 aromatic carbocycles. The van der Waals surface area contributed by atoms with Crippen molar-refractivity contribution in [3.63, 3.8) is 0 Å². The van der Waals surface area contributed by atoms with E-state index in [0.717, 1.165) is 11.3 Å². The van der Waals surface area contributed by atoms with E-state index in [1.165, 1.54) is 11.3 Å². The second-order valence-corrected chi connectivity index (χ2v) is 6.46. The normalized spacial score (nSPS) is 10.4. The summed E-state index contributed by atoms with van der Waals surface area (Å²) in [6.07, 6.45) is 0. The van der Waals surface area contributed by atoms with E-state index in [2.05, 4.69) is 15.5 Å². The van der Waals surface area contributed by atoms with Crippen LogP contribution in [0.5, 0.6) is 5.75 Å². The molecule has 0 spiro atoms. The maximum atomic E-state index is 12.2. The molecule has 0 bridgehead atoms. The van der Waals surface area contributed by atoms with Crippen molar-refractivity contribution in [3.05, 3.63) is 69.7 Å². The van der Waals surface area contributed by atoms with Crippen LogP contribution in [0.25, 0.3) is 0 Å². The Morgan fingerprint density at radius 2 is 1.92 bits per heavy atom. The van der Waals surface area contributed by atoms with Crippen molar-refractivity contribution in [2.75, 3.05) is 5.32 Å². The fraction of sp³-hybridized carbons (Fsp3) is 0.118. The molecule has 0 aliphatic heterocycles. The van der Waals surface area contributed by atoms with Crippen LogP contribution in [0.3, 0.4) is 0 Å². The number of carbonyl (C=O) groups is 1. The highest BCUT2D eigenvalue weighted by Crippen LogP contribution is 2.22. The highest BCUT2D eigenvalue weighted by atomic mass is 35.5. The summed E-state index contributed by atoms with van der Waals surface area (Å²) < 4.78 is 5.72. The van der Waals surface area contributed by atoms with Gasteiger partial charge in [-0.3, -0.25) is 10.1 Å². The first-order chi connectivity index (χ1) is 11.6. The number of hydrogen-bond donors (Lipinski definition) is 1. The van der Waals surface area contributed by atoms with Crippen LogP contribution >= 0.6 is 22.9 Å². The van der Waals surface area contributed by atoms with E-state index in [1.807, 2.05) is 31.2 Å². The maximum Gasteiger partial charge on any atom is 0.259 e.